The van der Waals surface area contributed by atoms with E-state index >= 15 is 0 Å². The lowest BCUT2D eigenvalue weighted by Gasteiger charge is -2.42. The Bertz CT molecular complexity index is 1410. The second kappa shape index (κ2) is 52.8. The molecule has 0 aromatic carbocycles. The van der Waals surface area contributed by atoms with Crippen molar-refractivity contribution in [2.45, 2.75) is 383 Å². The molecule has 2 aliphatic heterocycles. The van der Waals surface area contributed by atoms with Crippen molar-refractivity contribution in [2.75, 3.05) is 26.4 Å². The lowest BCUT2D eigenvalue weighted by atomic mass is 9.98. The molecular formula is C66H126O15. The first-order valence-corrected chi connectivity index (χ1v) is 34.1. The van der Waals surface area contributed by atoms with Crippen LogP contribution in [0.3, 0.4) is 0 Å². The summed E-state index contributed by atoms with van der Waals surface area (Å²) in [5, 5.41) is 72.5. The maximum absolute atomic E-state index is 13.1. The number of carbonyl (C=O) groups is 2. The Morgan fingerprint density at radius 1 is 0.346 bits per heavy atom. The second-order valence-corrected chi connectivity index (χ2v) is 24.4. The van der Waals surface area contributed by atoms with E-state index in [0.29, 0.717) is 12.8 Å². The van der Waals surface area contributed by atoms with Crippen molar-refractivity contribution in [1.29, 1.82) is 0 Å². The SMILES string of the molecule is CCCCCCCCCCCCCCCCCCCCCCCCCCC(=O)OC(COC(=O)CCCCCCCCCCCCCCCCCCCCCCC)COC1OC(COC2OC(CO)C(O)C(O)C2O)C(O)C(O)C1O. The van der Waals surface area contributed by atoms with Crippen LogP contribution in [0.15, 0.2) is 0 Å². The van der Waals surface area contributed by atoms with Crippen molar-refractivity contribution in [1.82, 2.24) is 0 Å². The van der Waals surface area contributed by atoms with Crippen LogP contribution in [0.1, 0.15) is 316 Å². The maximum Gasteiger partial charge on any atom is 0.306 e. The third-order valence-corrected chi connectivity index (χ3v) is 16.8. The summed E-state index contributed by atoms with van der Waals surface area (Å²) in [4.78, 5) is 26.0. The monoisotopic (exact) mass is 1160 g/mol. The molecule has 2 rings (SSSR count). The normalized spacial score (nSPS) is 23.5. The molecule has 0 aromatic rings. The zero-order valence-corrected chi connectivity index (χ0v) is 51.8. The van der Waals surface area contributed by atoms with Gasteiger partial charge in [-0.15, -0.1) is 0 Å². The number of rotatable bonds is 57. The summed E-state index contributed by atoms with van der Waals surface area (Å²) in [6, 6.07) is 0. The Morgan fingerprint density at radius 3 is 0.963 bits per heavy atom. The summed E-state index contributed by atoms with van der Waals surface area (Å²) < 4.78 is 33.9. The van der Waals surface area contributed by atoms with E-state index in [1.165, 1.54) is 238 Å². The van der Waals surface area contributed by atoms with Crippen molar-refractivity contribution in [3.63, 3.8) is 0 Å². The average Bonchev–Trinajstić information content (AvgIpc) is 3.46. The lowest BCUT2D eigenvalue weighted by Crippen LogP contribution is -2.61. The highest BCUT2D eigenvalue weighted by Gasteiger charge is 2.47. The van der Waals surface area contributed by atoms with Crippen LogP contribution in [-0.2, 0) is 38.0 Å². The molecule has 15 heteroatoms. The first kappa shape index (κ1) is 75.6. The fourth-order valence-corrected chi connectivity index (χ4v) is 11.3. The van der Waals surface area contributed by atoms with Crippen LogP contribution >= 0.6 is 0 Å². The van der Waals surface area contributed by atoms with Crippen LogP contribution in [0.5, 0.6) is 0 Å². The van der Waals surface area contributed by atoms with Gasteiger partial charge in [0.25, 0.3) is 0 Å². The predicted molar refractivity (Wildman–Crippen MR) is 322 cm³/mol. The highest BCUT2D eigenvalue weighted by Crippen LogP contribution is 2.27. The van der Waals surface area contributed by atoms with Crippen LogP contribution in [0.25, 0.3) is 0 Å². The zero-order valence-electron chi connectivity index (χ0n) is 51.8. The minimum atomic E-state index is -1.76. The molecule has 0 saturated carbocycles. The van der Waals surface area contributed by atoms with Crippen molar-refractivity contribution >= 4 is 11.9 Å². The summed E-state index contributed by atoms with van der Waals surface area (Å²) >= 11 is 0. The number of esters is 2. The quantitative estimate of drug-likeness (QED) is 0.0222. The maximum atomic E-state index is 13.1. The number of hydrogen-bond acceptors (Lipinski definition) is 15. The van der Waals surface area contributed by atoms with Crippen molar-refractivity contribution in [2.24, 2.45) is 0 Å². The molecule has 0 aromatic heterocycles. The van der Waals surface area contributed by atoms with Gasteiger partial charge in [0.1, 0.15) is 55.4 Å². The molecule has 0 radical (unpaired) electrons. The standard InChI is InChI=1S/C66H126O15/c1-3-5-7-9-11-13-15-17-19-21-23-25-26-27-29-31-33-35-37-39-41-43-45-47-49-58(69)79-54(52-77-65-64(75)62(73)60(71)56(81-65)53-78-66-63(74)61(72)59(70)55(50-67)80-66)51-76-57(68)48-46-44-42-40-38-36-34-32-30-28-24-22-20-18-16-14-12-10-8-6-4-2/h54-56,59-67,70-75H,3-53H2,1-2H3. The Morgan fingerprint density at radius 2 is 0.630 bits per heavy atom. The zero-order chi connectivity index (χ0) is 58.8. The molecule has 2 aliphatic rings. The van der Waals surface area contributed by atoms with E-state index in [1.807, 2.05) is 0 Å². The van der Waals surface area contributed by atoms with Crippen LogP contribution in [0.4, 0.5) is 0 Å². The minimum absolute atomic E-state index is 0.175. The smallest absolute Gasteiger partial charge is 0.306 e. The molecule has 81 heavy (non-hydrogen) atoms. The van der Waals surface area contributed by atoms with E-state index in [1.54, 1.807) is 0 Å². The second-order valence-electron chi connectivity index (χ2n) is 24.4. The summed E-state index contributed by atoms with van der Waals surface area (Å²) in [6.45, 7) is 2.69. The van der Waals surface area contributed by atoms with E-state index in [9.17, 15) is 45.3 Å². The van der Waals surface area contributed by atoms with E-state index in [4.69, 9.17) is 28.4 Å². The summed E-state index contributed by atoms with van der Waals surface area (Å²) in [6.07, 6.45) is 41.3. The fourth-order valence-electron chi connectivity index (χ4n) is 11.3. The Hall–Kier alpha value is -1.50. The molecule has 11 unspecified atom stereocenters. The third kappa shape index (κ3) is 39.0. The van der Waals surface area contributed by atoms with Crippen LogP contribution in [-0.4, -0.2) is 142 Å². The summed E-state index contributed by atoms with van der Waals surface area (Å²) in [5.74, 6) is -0.897. The molecule has 0 amide bonds. The largest absolute Gasteiger partial charge is 0.462 e. The van der Waals surface area contributed by atoms with E-state index in [0.717, 1.165) is 38.5 Å². The molecular weight excluding hydrogens is 1030 g/mol. The average molecular weight is 1160 g/mol. The number of aliphatic hydroxyl groups excluding tert-OH is 7. The van der Waals surface area contributed by atoms with Crippen LogP contribution < -0.4 is 0 Å². The van der Waals surface area contributed by atoms with Gasteiger partial charge in [0.2, 0.25) is 0 Å². The minimum Gasteiger partial charge on any atom is -0.462 e. The number of carbonyl (C=O) groups excluding carboxylic acids is 2. The van der Waals surface area contributed by atoms with Gasteiger partial charge in [-0.2, -0.15) is 0 Å². The number of hydrogen-bond donors (Lipinski definition) is 7. The lowest BCUT2D eigenvalue weighted by molar-refractivity contribution is -0.332. The van der Waals surface area contributed by atoms with E-state index < -0.39 is 92.7 Å². The molecule has 15 nitrogen and oxygen atoms in total. The van der Waals surface area contributed by atoms with E-state index in [-0.39, 0.29) is 26.1 Å². The topological polar surface area (TPSA) is 231 Å². The van der Waals surface area contributed by atoms with Crippen LogP contribution in [0.2, 0.25) is 0 Å². The van der Waals surface area contributed by atoms with Gasteiger partial charge in [-0.05, 0) is 12.8 Å². The Balaban J connectivity index is 1.67. The van der Waals surface area contributed by atoms with Gasteiger partial charge in [0.15, 0.2) is 18.7 Å². The van der Waals surface area contributed by atoms with Crippen molar-refractivity contribution < 1.29 is 73.8 Å². The number of aliphatic hydroxyl groups is 7. The van der Waals surface area contributed by atoms with Gasteiger partial charge < -0.3 is 64.2 Å². The molecule has 7 N–H and O–H groups in total. The third-order valence-electron chi connectivity index (χ3n) is 16.8. The van der Waals surface area contributed by atoms with Gasteiger partial charge >= 0.3 is 11.9 Å². The highest BCUT2D eigenvalue weighted by atomic mass is 16.7. The molecule has 2 saturated heterocycles. The first-order chi connectivity index (χ1) is 39.5. The van der Waals surface area contributed by atoms with Gasteiger partial charge in [0, 0.05) is 12.8 Å². The van der Waals surface area contributed by atoms with Crippen molar-refractivity contribution in [3.05, 3.63) is 0 Å². The number of ether oxygens (including phenoxy) is 6. The summed E-state index contributed by atoms with van der Waals surface area (Å²) in [7, 11) is 0. The highest BCUT2D eigenvalue weighted by molar-refractivity contribution is 5.70. The van der Waals surface area contributed by atoms with Crippen molar-refractivity contribution in [3.8, 4) is 0 Å². The Kier molecular flexibility index (Phi) is 49.3. The molecule has 11 atom stereocenters. The van der Waals surface area contributed by atoms with Gasteiger partial charge in [-0.3, -0.25) is 9.59 Å². The van der Waals surface area contributed by atoms with Gasteiger partial charge in [-0.1, -0.05) is 290 Å². The van der Waals surface area contributed by atoms with Gasteiger partial charge in [-0.25, -0.2) is 0 Å². The molecule has 480 valence electrons. The predicted octanol–water partition coefficient (Wildman–Crippen LogP) is 13.5. The molecule has 0 aliphatic carbocycles. The fraction of sp³-hybridized carbons (Fsp3) is 0.970. The molecule has 0 bridgehead atoms. The molecule has 2 heterocycles. The van der Waals surface area contributed by atoms with E-state index in [2.05, 4.69) is 13.8 Å². The molecule has 0 spiro atoms. The first-order valence-electron chi connectivity index (χ1n) is 34.1. The van der Waals surface area contributed by atoms with Crippen LogP contribution in [0, 0.1) is 0 Å². The number of unbranched alkanes of at least 4 members (excludes halogenated alkanes) is 43. The van der Waals surface area contributed by atoms with Gasteiger partial charge in [0.05, 0.1) is 19.8 Å². The molecule has 2 fully saturated rings. The Labute approximate surface area is 493 Å². The summed E-state index contributed by atoms with van der Waals surface area (Å²) in [5.41, 5.74) is 0.